The van der Waals surface area contributed by atoms with Gasteiger partial charge in [-0.15, -0.1) is 5.06 Å². The van der Waals surface area contributed by atoms with Crippen molar-refractivity contribution in [1.29, 1.82) is 0 Å². The summed E-state index contributed by atoms with van der Waals surface area (Å²) < 4.78 is 0. The quantitative estimate of drug-likeness (QED) is 0.610. The molecule has 160 valence electrons. The zero-order chi connectivity index (χ0) is 22.4. The number of aryl methyl sites for hydroxylation is 1. The van der Waals surface area contributed by atoms with Crippen molar-refractivity contribution in [2.75, 3.05) is 4.90 Å². The molecule has 3 amide bonds. The summed E-state index contributed by atoms with van der Waals surface area (Å²) in [7, 11) is 0. The summed E-state index contributed by atoms with van der Waals surface area (Å²) in [6, 6.07) is 15.1. The Morgan fingerprint density at radius 2 is 1.68 bits per heavy atom. The van der Waals surface area contributed by atoms with Crippen LogP contribution in [0.1, 0.15) is 42.4 Å². The van der Waals surface area contributed by atoms with E-state index in [0.717, 1.165) is 22.4 Å². The Kier molecular flexibility index (Phi) is 6.97. The molecule has 2 aromatic rings. The molecule has 0 aromatic heterocycles. The molecule has 0 aliphatic carbocycles. The number of hydrogen-bond donors (Lipinski definition) is 0. The van der Waals surface area contributed by atoms with Crippen LogP contribution in [0, 0.1) is 6.92 Å². The predicted octanol–water partition coefficient (Wildman–Crippen LogP) is 3.56. The first-order valence-corrected chi connectivity index (χ1v) is 10.0. The van der Waals surface area contributed by atoms with Gasteiger partial charge in [-0.05, 0) is 29.7 Å². The number of anilines is 1. The molecular weight excluding hydrogens is 396 g/mol. The topological polar surface area (TPSA) is 84.0 Å². The van der Waals surface area contributed by atoms with E-state index in [4.69, 9.17) is 4.84 Å². The van der Waals surface area contributed by atoms with Gasteiger partial charge in [0.1, 0.15) is 0 Å². The minimum Gasteiger partial charge on any atom is -0.330 e. The van der Waals surface area contributed by atoms with Gasteiger partial charge in [-0.2, -0.15) is 0 Å². The van der Waals surface area contributed by atoms with Crippen molar-refractivity contribution in [3.05, 3.63) is 71.8 Å². The van der Waals surface area contributed by atoms with Crippen molar-refractivity contribution in [3.63, 3.8) is 0 Å². The fourth-order valence-corrected chi connectivity index (χ4v) is 3.37. The molecule has 7 heteroatoms. The zero-order valence-corrected chi connectivity index (χ0v) is 17.4. The van der Waals surface area contributed by atoms with Gasteiger partial charge in [-0.1, -0.05) is 55.1 Å². The first-order valence-electron chi connectivity index (χ1n) is 10.0. The van der Waals surface area contributed by atoms with Crippen molar-refractivity contribution in [2.45, 2.75) is 39.2 Å². The summed E-state index contributed by atoms with van der Waals surface area (Å²) in [6.45, 7) is 6.05. The van der Waals surface area contributed by atoms with Crippen LogP contribution in [0.5, 0.6) is 0 Å². The highest BCUT2D eigenvalue weighted by molar-refractivity contribution is 6.02. The number of hydrogen-bond acceptors (Lipinski definition) is 5. The molecule has 3 rings (SSSR count). The second-order valence-electron chi connectivity index (χ2n) is 7.21. The summed E-state index contributed by atoms with van der Waals surface area (Å²) in [5, 5.41) is 0.492. The Balaban J connectivity index is 1.74. The lowest BCUT2D eigenvalue weighted by Gasteiger charge is -2.25. The third-order valence-electron chi connectivity index (χ3n) is 5.05. The number of amides is 3. The van der Waals surface area contributed by atoms with E-state index in [1.807, 2.05) is 55.5 Å². The van der Waals surface area contributed by atoms with Gasteiger partial charge in [0.05, 0.1) is 13.0 Å². The predicted molar refractivity (Wildman–Crippen MR) is 115 cm³/mol. The van der Waals surface area contributed by atoms with Gasteiger partial charge in [0.2, 0.25) is 5.91 Å². The highest BCUT2D eigenvalue weighted by Crippen LogP contribution is 2.24. The van der Waals surface area contributed by atoms with Crippen molar-refractivity contribution in [1.82, 2.24) is 5.06 Å². The molecular formula is C24H24N2O5. The minimum absolute atomic E-state index is 0.0226. The fourth-order valence-electron chi connectivity index (χ4n) is 3.37. The standard InChI is InChI=1S/C24H24N2O5/c1-3-18-9-5-6-10-19(18)16-25(20-11-7-4-8-17(20)2)21(27)14-15-24(30)31-26-22(28)12-13-23(26)29/h3-11H,1,12-16H2,2H3. The normalized spacial score (nSPS) is 13.3. The zero-order valence-electron chi connectivity index (χ0n) is 17.4. The molecule has 0 unspecified atom stereocenters. The monoisotopic (exact) mass is 420 g/mol. The van der Waals surface area contributed by atoms with Gasteiger partial charge >= 0.3 is 5.97 Å². The van der Waals surface area contributed by atoms with E-state index >= 15 is 0 Å². The average molecular weight is 420 g/mol. The van der Waals surface area contributed by atoms with Crippen LogP contribution in [0.25, 0.3) is 6.08 Å². The summed E-state index contributed by atoms with van der Waals surface area (Å²) in [5.74, 6) is -2.17. The van der Waals surface area contributed by atoms with E-state index < -0.39 is 17.8 Å². The number of benzene rings is 2. The van der Waals surface area contributed by atoms with E-state index in [0.29, 0.717) is 11.6 Å². The maximum atomic E-state index is 13.1. The van der Waals surface area contributed by atoms with Crippen LogP contribution in [-0.2, 0) is 30.6 Å². The van der Waals surface area contributed by atoms with Crippen molar-refractivity contribution in [3.8, 4) is 0 Å². The molecule has 2 aromatic carbocycles. The molecule has 0 N–H and O–H groups in total. The smallest absolute Gasteiger partial charge is 0.330 e. The van der Waals surface area contributed by atoms with E-state index in [2.05, 4.69) is 6.58 Å². The van der Waals surface area contributed by atoms with Gasteiger partial charge in [0.15, 0.2) is 0 Å². The molecule has 1 heterocycles. The molecule has 0 bridgehead atoms. The van der Waals surface area contributed by atoms with E-state index in [-0.39, 0.29) is 31.6 Å². The maximum Gasteiger partial charge on any atom is 0.333 e. The number of hydroxylamine groups is 2. The Labute approximate surface area is 180 Å². The van der Waals surface area contributed by atoms with Gasteiger partial charge in [-0.3, -0.25) is 14.4 Å². The first-order chi connectivity index (χ1) is 14.9. The highest BCUT2D eigenvalue weighted by atomic mass is 16.7. The molecule has 0 saturated carbocycles. The lowest BCUT2D eigenvalue weighted by atomic mass is 10.1. The van der Waals surface area contributed by atoms with Crippen LogP contribution in [-0.4, -0.2) is 28.8 Å². The summed E-state index contributed by atoms with van der Waals surface area (Å²) in [4.78, 5) is 54.9. The lowest BCUT2D eigenvalue weighted by molar-refractivity contribution is -0.197. The SMILES string of the molecule is C=Cc1ccccc1CN(C(=O)CCC(=O)ON1C(=O)CCC1=O)c1ccccc1C. The molecule has 31 heavy (non-hydrogen) atoms. The van der Waals surface area contributed by atoms with Gasteiger partial charge in [-0.25, -0.2) is 4.79 Å². The maximum absolute atomic E-state index is 13.1. The molecule has 0 atom stereocenters. The van der Waals surface area contributed by atoms with Crippen molar-refractivity contribution >= 4 is 35.5 Å². The number of carbonyl (C=O) groups excluding carboxylic acids is 4. The molecule has 1 aliphatic heterocycles. The molecule has 1 saturated heterocycles. The fraction of sp³-hybridized carbons (Fsp3) is 0.250. The number of para-hydroxylation sites is 1. The van der Waals surface area contributed by atoms with Crippen LogP contribution in [0.15, 0.2) is 55.1 Å². The van der Waals surface area contributed by atoms with Crippen LogP contribution >= 0.6 is 0 Å². The van der Waals surface area contributed by atoms with E-state index in [1.54, 1.807) is 11.0 Å². The van der Waals surface area contributed by atoms with Crippen LogP contribution in [0.4, 0.5) is 5.69 Å². The third-order valence-corrected chi connectivity index (χ3v) is 5.05. The Bertz CT molecular complexity index is 1010. The van der Waals surface area contributed by atoms with E-state index in [9.17, 15) is 19.2 Å². The van der Waals surface area contributed by atoms with Gasteiger partial charge in [0, 0.05) is 24.9 Å². The second kappa shape index (κ2) is 9.84. The number of rotatable bonds is 8. The molecule has 7 nitrogen and oxygen atoms in total. The second-order valence-corrected chi connectivity index (χ2v) is 7.21. The first kappa shape index (κ1) is 22.0. The molecule has 0 spiro atoms. The Morgan fingerprint density at radius 3 is 2.35 bits per heavy atom. The van der Waals surface area contributed by atoms with Crippen LogP contribution in [0.2, 0.25) is 0 Å². The Morgan fingerprint density at radius 1 is 1.03 bits per heavy atom. The van der Waals surface area contributed by atoms with Crippen LogP contribution < -0.4 is 4.90 Å². The van der Waals surface area contributed by atoms with Gasteiger partial charge in [0.25, 0.3) is 11.8 Å². The minimum atomic E-state index is -0.798. The van der Waals surface area contributed by atoms with Crippen molar-refractivity contribution < 1.29 is 24.0 Å². The summed E-state index contributed by atoms with van der Waals surface area (Å²) >= 11 is 0. The molecule has 0 radical (unpaired) electrons. The Hall–Kier alpha value is -3.74. The lowest BCUT2D eigenvalue weighted by Crippen LogP contribution is -2.34. The molecule has 1 aliphatic rings. The number of imide groups is 1. The third kappa shape index (κ3) is 5.25. The average Bonchev–Trinajstić information content (AvgIpc) is 3.08. The number of nitrogens with zero attached hydrogens (tertiary/aromatic N) is 2. The molecule has 1 fully saturated rings. The highest BCUT2D eigenvalue weighted by Gasteiger charge is 2.33. The summed E-state index contributed by atoms with van der Waals surface area (Å²) in [5.41, 5.74) is 3.50. The summed E-state index contributed by atoms with van der Waals surface area (Å²) in [6.07, 6.45) is 1.40. The van der Waals surface area contributed by atoms with Gasteiger partial charge < -0.3 is 9.74 Å². The van der Waals surface area contributed by atoms with Crippen LogP contribution in [0.3, 0.4) is 0 Å². The number of carbonyl (C=O) groups is 4. The van der Waals surface area contributed by atoms with Crippen molar-refractivity contribution in [2.24, 2.45) is 0 Å². The van der Waals surface area contributed by atoms with E-state index in [1.165, 1.54) is 0 Å². The largest absolute Gasteiger partial charge is 0.333 e.